The molecule has 3 aromatic rings. The number of para-hydroxylation sites is 1. The number of benzene rings is 3. The van der Waals surface area contributed by atoms with Crippen molar-refractivity contribution in [3.8, 4) is 5.75 Å². The lowest BCUT2D eigenvalue weighted by Gasteiger charge is -2.32. The molecule has 10 heteroatoms. The van der Waals surface area contributed by atoms with Crippen LogP contribution in [0, 0.1) is 6.92 Å². The lowest BCUT2D eigenvalue weighted by atomic mass is 10.1. The number of carbonyl (C=O) groups excluding carboxylic acids is 2. The van der Waals surface area contributed by atoms with Crippen LogP contribution in [0.5, 0.6) is 5.75 Å². The van der Waals surface area contributed by atoms with E-state index in [1.54, 1.807) is 63.4 Å². The Morgan fingerprint density at radius 3 is 2.26 bits per heavy atom. The van der Waals surface area contributed by atoms with Gasteiger partial charge >= 0.3 is 0 Å². The SMILES string of the molecule is COc1cccc(CN(C(=O)CN(c2ccccc2C)S(=O)(=O)c2ccc(Cl)cc2)C(C)C(=O)NC(C)C)c1. The molecule has 8 nitrogen and oxygen atoms in total. The van der Waals surface area contributed by atoms with Crippen LogP contribution < -0.4 is 14.4 Å². The van der Waals surface area contributed by atoms with Crippen LogP contribution in [0.2, 0.25) is 5.02 Å². The van der Waals surface area contributed by atoms with Crippen LogP contribution >= 0.6 is 11.6 Å². The average molecular weight is 572 g/mol. The zero-order valence-corrected chi connectivity index (χ0v) is 24.3. The highest BCUT2D eigenvalue weighted by Crippen LogP contribution is 2.28. The standard InChI is InChI=1S/C29H34ClN3O5S/c1-20(2)31-29(35)22(4)32(18-23-10-8-11-25(17-23)38-5)28(34)19-33(27-12-7-6-9-21(27)3)39(36,37)26-15-13-24(30)14-16-26/h6-17,20,22H,18-19H2,1-5H3,(H,31,35). The van der Waals surface area contributed by atoms with Crippen LogP contribution in [0.4, 0.5) is 5.69 Å². The fourth-order valence-corrected chi connectivity index (χ4v) is 5.65. The molecule has 1 N–H and O–H groups in total. The van der Waals surface area contributed by atoms with Crippen molar-refractivity contribution in [1.29, 1.82) is 0 Å². The molecule has 0 aliphatic heterocycles. The molecule has 0 aliphatic rings. The highest BCUT2D eigenvalue weighted by molar-refractivity contribution is 7.92. The number of rotatable bonds is 11. The molecule has 0 saturated heterocycles. The fourth-order valence-electron chi connectivity index (χ4n) is 4.05. The van der Waals surface area contributed by atoms with Gasteiger partial charge in [-0.3, -0.25) is 13.9 Å². The van der Waals surface area contributed by atoms with E-state index in [4.69, 9.17) is 16.3 Å². The highest BCUT2D eigenvalue weighted by Gasteiger charge is 2.33. The Hall–Kier alpha value is -3.56. The number of halogens is 1. The minimum absolute atomic E-state index is 0.00658. The van der Waals surface area contributed by atoms with Crippen LogP contribution in [0.15, 0.2) is 77.7 Å². The number of ether oxygens (including phenoxy) is 1. The first-order valence-electron chi connectivity index (χ1n) is 12.5. The summed E-state index contributed by atoms with van der Waals surface area (Å²) in [4.78, 5) is 28.3. The molecule has 0 spiro atoms. The lowest BCUT2D eigenvalue weighted by molar-refractivity contribution is -0.139. The summed E-state index contributed by atoms with van der Waals surface area (Å²) in [6.45, 7) is 6.62. The third-order valence-corrected chi connectivity index (χ3v) is 8.18. The van der Waals surface area contributed by atoms with E-state index in [1.807, 2.05) is 19.9 Å². The predicted octanol–water partition coefficient (Wildman–Crippen LogP) is 4.79. The molecular formula is C29H34ClN3O5S. The summed E-state index contributed by atoms with van der Waals surface area (Å²) in [7, 11) is -2.62. The molecule has 3 aromatic carbocycles. The Bertz CT molecular complexity index is 1410. The van der Waals surface area contributed by atoms with Crippen molar-refractivity contribution >= 4 is 39.1 Å². The highest BCUT2D eigenvalue weighted by atomic mass is 35.5. The quantitative estimate of drug-likeness (QED) is 0.357. The van der Waals surface area contributed by atoms with Crippen LogP contribution in [-0.4, -0.2) is 50.9 Å². The van der Waals surface area contributed by atoms with Gasteiger partial charge in [-0.1, -0.05) is 41.9 Å². The monoisotopic (exact) mass is 571 g/mol. The number of sulfonamides is 1. The average Bonchev–Trinajstić information content (AvgIpc) is 2.90. The molecule has 208 valence electrons. The van der Waals surface area contributed by atoms with E-state index >= 15 is 0 Å². The Morgan fingerprint density at radius 2 is 1.64 bits per heavy atom. The maximum Gasteiger partial charge on any atom is 0.264 e. The summed E-state index contributed by atoms with van der Waals surface area (Å²) in [6, 6.07) is 18.9. The van der Waals surface area contributed by atoms with Gasteiger partial charge in [-0.2, -0.15) is 0 Å². The normalized spacial score (nSPS) is 12.1. The number of hydrogen-bond donors (Lipinski definition) is 1. The summed E-state index contributed by atoms with van der Waals surface area (Å²) < 4.78 is 34.1. The van der Waals surface area contributed by atoms with E-state index in [-0.39, 0.29) is 23.4 Å². The van der Waals surface area contributed by atoms with Gasteiger partial charge in [0.1, 0.15) is 18.3 Å². The van der Waals surface area contributed by atoms with Gasteiger partial charge in [0.15, 0.2) is 0 Å². The van der Waals surface area contributed by atoms with Crippen LogP contribution in [-0.2, 0) is 26.2 Å². The Morgan fingerprint density at radius 1 is 0.974 bits per heavy atom. The summed E-state index contributed by atoms with van der Waals surface area (Å²) in [5, 5.41) is 3.23. The topological polar surface area (TPSA) is 96.0 Å². The van der Waals surface area contributed by atoms with Crippen molar-refractivity contribution in [3.63, 3.8) is 0 Å². The molecule has 1 unspecified atom stereocenters. The predicted molar refractivity (Wildman–Crippen MR) is 153 cm³/mol. The molecular weight excluding hydrogens is 538 g/mol. The summed E-state index contributed by atoms with van der Waals surface area (Å²) in [5.74, 6) is -0.277. The Balaban J connectivity index is 2.05. The molecule has 2 amide bonds. The molecule has 0 fully saturated rings. The van der Waals surface area contributed by atoms with E-state index in [0.717, 1.165) is 9.87 Å². The molecule has 0 bridgehead atoms. The maximum atomic E-state index is 13.9. The fraction of sp³-hybridized carbons (Fsp3) is 0.310. The Kier molecular flexibility index (Phi) is 9.99. The molecule has 0 saturated carbocycles. The second kappa shape index (κ2) is 13.0. The third-order valence-electron chi connectivity index (χ3n) is 6.15. The van der Waals surface area contributed by atoms with Crippen LogP contribution in [0.3, 0.4) is 0 Å². The lowest BCUT2D eigenvalue weighted by Crippen LogP contribution is -2.52. The van der Waals surface area contributed by atoms with Gasteiger partial charge in [0.2, 0.25) is 11.8 Å². The number of anilines is 1. The molecule has 0 aliphatic carbocycles. The number of nitrogens with zero attached hydrogens (tertiary/aromatic N) is 2. The number of carbonyl (C=O) groups is 2. The second-order valence-electron chi connectivity index (χ2n) is 9.46. The number of hydrogen-bond acceptors (Lipinski definition) is 5. The smallest absolute Gasteiger partial charge is 0.264 e. The van der Waals surface area contributed by atoms with Crippen molar-refractivity contribution in [3.05, 3.63) is 88.9 Å². The molecule has 0 aromatic heterocycles. The van der Waals surface area contributed by atoms with Crippen LogP contribution in [0.25, 0.3) is 0 Å². The van der Waals surface area contributed by atoms with Crippen molar-refractivity contribution < 1.29 is 22.7 Å². The minimum Gasteiger partial charge on any atom is -0.497 e. The summed E-state index contributed by atoms with van der Waals surface area (Å²) >= 11 is 5.99. The summed E-state index contributed by atoms with van der Waals surface area (Å²) in [5.41, 5.74) is 1.77. The van der Waals surface area contributed by atoms with E-state index in [9.17, 15) is 18.0 Å². The van der Waals surface area contributed by atoms with Crippen molar-refractivity contribution in [1.82, 2.24) is 10.2 Å². The minimum atomic E-state index is -4.16. The van der Waals surface area contributed by atoms with Gasteiger partial charge in [0, 0.05) is 17.6 Å². The zero-order valence-electron chi connectivity index (χ0n) is 22.7. The summed E-state index contributed by atoms with van der Waals surface area (Å²) in [6.07, 6.45) is 0. The number of amides is 2. The zero-order chi connectivity index (χ0) is 28.7. The van der Waals surface area contributed by atoms with Gasteiger partial charge in [0.25, 0.3) is 10.0 Å². The molecule has 3 rings (SSSR count). The Labute approximate surface area is 235 Å². The number of aryl methyl sites for hydroxylation is 1. The van der Waals surface area contributed by atoms with Crippen LogP contribution in [0.1, 0.15) is 31.9 Å². The van der Waals surface area contributed by atoms with E-state index in [1.165, 1.54) is 29.2 Å². The van der Waals surface area contributed by atoms with Gasteiger partial charge in [-0.05, 0) is 81.3 Å². The van der Waals surface area contributed by atoms with Gasteiger partial charge in [-0.15, -0.1) is 0 Å². The van der Waals surface area contributed by atoms with Crippen molar-refractivity contribution in [2.45, 2.75) is 51.2 Å². The van der Waals surface area contributed by atoms with Crippen molar-refractivity contribution in [2.24, 2.45) is 0 Å². The van der Waals surface area contributed by atoms with E-state index in [2.05, 4.69) is 5.32 Å². The molecule has 39 heavy (non-hydrogen) atoms. The first-order valence-corrected chi connectivity index (χ1v) is 14.3. The molecule has 0 radical (unpaired) electrons. The first-order chi connectivity index (χ1) is 18.4. The number of methoxy groups -OCH3 is 1. The van der Waals surface area contributed by atoms with E-state index < -0.39 is 28.5 Å². The van der Waals surface area contributed by atoms with Gasteiger partial charge in [-0.25, -0.2) is 8.42 Å². The van der Waals surface area contributed by atoms with Gasteiger partial charge < -0.3 is 15.0 Å². The first kappa shape index (κ1) is 30.0. The molecule has 1 atom stereocenters. The van der Waals surface area contributed by atoms with Crippen molar-refractivity contribution in [2.75, 3.05) is 18.0 Å². The number of nitrogens with one attached hydrogen (secondary N) is 1. The largest absolute Gasteiger partial charge is 0.497 e. The third kappa shape index (κ3) is 7.52. The molecule has 0 heterocycles. The van der Waals surface area contributed by atoms with Gasteiger partial charge in [0.05, 0.1) is 17.7 Å². The van der Waals surface area contributed by atoms with E-state index in [0.29, 0.717) is 22.0 Å². The second-order valence-corrected chi connectivity index (χ2v) is 11.8. The maximum absolute atomic E-state index is 13.9.